The maximum Gasteiger partial charge on any atom is 0.0232 e. The van der Waals surface area contributed by atoms with Crippen molar-refractivity contribution in [2.45, 2.75) is 20.3 Å². The summed E-state index contributed by atoms with van der Waals surface area (Å²) in [4.78, 5) is 2.80. The van der Waals surface area contributed by atoms with Crippen LogP contribution in [-0.2, 0) is 0 Å². The highest BCUT2D eigenvalue weighted by Gasteiger charge is 2.22. The van der Waals surface area contributed by atoms with Gasteiger partial charge in [0.1, 0.15) is 0 Å². The Hall–Kier alpha value is -0.160. The van der Waals surface area contributed by atoms with Gasteiger partial charge >= 0.3 is 0 Å². The topological polar surface area (TPSA) is 0 Å². The highest BCUT2D eigenvalue weighted by atomic mass is 32.2. The number of rotatable bonds is 6. The standard InChI is InChI=1S/C18H20S4/c1-3-7-15(8-4-1)19-11-17-13-22-18(14-21-17)12-20-16-9-5-2-6-10-16/h1-10,17-18H,11-14H2. The Morgan fingerprint density at radius 3 is 1.45 bits per heavy atom. The van der Waals surface area contributed by atoms with E-state index >= 15 is 0 Å². The molecule has 1 fully saturated rings. The zero-order chi connectivity index (χ0) is 15.0. The van der Waals surface area contributed by atoms with Crippen LogP contribution in [0, 0.1) is 0 Å². The van der Waals surface area contributed by atoms with Gasteiger partial charge in [-0.1, -0.05) is 36.4 Å². The van der Waals surface area contributed by atoms with Crippen molar-refractivity contribution >= 4 is 47.0 Å². The van der Waals surface area contributed by atoms with Gasteiger partial charge in [-0.15, -0.1) is 23.5 Å². The van der Waals surface area contributed by atoms with Crippen LogP contribution in [0.15, 0.2) is 70.5 Å². The fraction of sp³-hybridized carbons (Fsp3) is 0.333. The maximum absolute atomic E-state index is 2.21. The molecule has 0 N–H and O–H groups in total. The van der Waals surface area contributed by atoms with E-state index in [0.29, 0.717) is 0 Å². The van der Waals surface area contributed by atoms with Crippen molar-refractivity contribution in [3.05, 3.63) is 60.7 Å². The fourth-order valence-corrected chi connectivity index (χ4v) is 7.81. The molecule has 0 aromatic heterocycles. The molecular weight excluding hydrogens is 344 g/mol. The van der Waals surface area contributed by atoms with E-state index in [1.807, 2.05) is 23.5 Å². The molecule has 0 aliphatic carbocycles. The molecule has 3 rings (SSSR count). The highest BCUT2D eigenvalue weighted by Crippen LogP contribution is 2.35. The zero-order valence-electron chi connectivity index (χ0n) is 12.4. The number of benzene rings is 2. The molecule has 0 bridgehead atoms. The first-order chi connectivity index (χ1) is 10.9. The Morgan fingerprint density at radius 1 is 0.682 bits per heavy atom. The summed E-state index contributed by atoms with van der Waals surface area (Å²) in [5.74, 6) is 5.06. The van der Waals surface area contributed by atoms with Crippen LogP contribution in [0.25, 0.3) is 0 Å². The number of hydrogen-bond acceptors (Lipinski definition) is 4. The van der Waals surface area contributed by atoms with Crippen molar-refractivity contribution in [3.8, 4) is 0 Å². The third kappa shape index (κ3) is 5.48. The summed E-state index contributed by atoms with van der Waals surface area (Å²) in [5.41, 5.74) is 0. The molecule has 1 saturated heterocycles. The first kappa shape index (κ1) is 16.7. The smallest absolute Gasteiger partial charge is 0.0232 e. The van der Waals surface area contributed by atoms with E-state index in [4.69, 9.17) is 0 Å². The van der Waals surface area contributed by atoms with Crippen molar-refractivity contribution in [1.29, 1.82) is 0 Å². The van der Waals surface area contributed by atoms with Crippen LogP contribution in [0.4, 0.5) is 0 Å². The lowest BCUT2D eigenvalue weighted by molar-refractivity contribution is 1.06. The first-order valence-corrected chi connectivity index (χ1v) is 11.6. The molecule has 0 spiro atoms. The molecule has 0 nitrogen and oxygen atoms in total. The van der Waals surface area contributed by atoms with Crippen LogP contribution in [0.1, 0.15) is 0 Å². The average Bonchev–Trinajstić information content (AvgIpc) is 2.61. The molecule has 2 aromatic carbocycles. The van der Waals surface area contributed by atoms with E-state index in [2.05, 4.69) is 84.2 Å². The van der Waals surface area contributed by atoms with Crippen molar-refractivity contribution in [1.82, 2.24) is 0 Å². The van der Waals surface area contributed by atoms with Gasteiger partial charge in [0.05, 0.1) is 0 Å². The van der Waals surface area contributed by atoms with Crippen molar-refractivity contribution in [2.75, 3.05) is 23.0 Å². The van der Waals surface area contributed by atoms with Crippen LogP contribution in [0.5, 0.6) is 0 Å². The summed E-state index contributed by atoms with van der Waals surface area (Å²) in [6.07, 6.45) is 0. The summed E-state index contributed by atoms with van der Waals surface area (Å²) >= 11 is 8.34. The molecule has 0 radical (unpaired) electrons. The summed E-state index contributed by atoms with van der Waals surface area (Å²) < 4.78 is 0. The molecule has 0 saturated carbocycles. The van der Waals surface area contributed by atoms with Gasteiger partial charge < -0.3 is 0 Å². The van der Waals surface area contributed by atoms with Gasteiger partial charge in [-0.2, -0.15) is 23.5 Å². The van der Waals surface area contributed by atoms with E-state index in [0.717, 1.165) is 10.5 Å². The summed E-state index contributed by atoms with van der Waals surface area (Å²) in [6, 6.07) is 21.5. The number of thioether (sulfide) groups is 4. The normalized spacial score (nSPS) is 21.6. The Morgan fingerprint density at radius 2 is 1.09 bits per heavy atom. The van der Waals surface area contributed by atoms with Gasteiger partial charge in [0.15, 0.2) is 0 Å². The Balaban J connectivity index is 1.35. The van der Waals surface area contributed by atoms with Crippen molar-refractivity contribution in [3.63, 3.8) is 0 Å². The van der Waals surface area contributed by atoms with E-state index in [1.165, 1.54) is 32.8 Å². The molecule has 116 valence electrons. The Kier molecular flexibility index (Phi) is 6.99. The second kappa shape index (κ2) is 9.21. The monoisotopic (exact) mass is 364 g/mol. The van der Waals surface area contributed by atoms with E-state index in [-0.39, 0.29) is 0 Å². The zero-order valence-corrected chi connectivity index (χ0v) is 15.7. The molecule has 2 aromatic rings. The minimum atomic E-state index is 0.799. The lowest BCUT2D eigenvalue weighted by atomic mass is 10.4. The van der Waals surface area contributed by atoms with Crippen LogP contribution in [-0.4, -0.2) is 33.5 Å². The molecule has 1 aliphatic heterocycles. The first-order valence-electron chi connectivity index (χ1n) is 7.49. The van der Waals surface area contributed by atoms with E-state index < -0.39 is 0 Å². The summed E-state index contributed by atoms with van der Waals surface area (Å²) in [6.45, 7) is 0. The Labute approximate surface area is 150 Å². The van der Waals surface area contributed by atoms with Gasteiger partial charge in [0.2, 0.25) is 0 Å². The van der Waals surface area contributed by atoms with E-state index in [9.17, 15) is 0 Å². The van der Waals surface area contributed by atoms with Gasteiger partial charge in [-0.05, 0) is 24.3 Å². The SMILES string of the molecule is c1ccc(SCC2CSC(CSc3ccccc3)CS2)cc1. The lowest BCUT2D eigenvalue weighted by Gasteiger charge is -2.27. The quantitative estimate of drug-likeness (QED) is 0.595. The minimum Gasteiger partial charge on any atom is -0.156 e. The second-order valence-corrected chi connectivity index (χ2v) is 10.0. The third-order valence-electron chi connectivity index (χ3n) is 3.39. The van der Waals surface area contributed by atoms with Gasteiger partial charge in [-0.25, -0.2) is 0 Å². The predicted molar refractivity (Wildman–Crippen MR) is 107 cm³/mol. The summed E-state index contributed by atoms with van der Waals surface area (Å²) in [5, 5.41) is 1.60. The molecule has 1 heterocycles. The Bertz CT molecular complexity index is 484. The molecule has 4 heteroatoms. The van der Waals surface area contributed by atoms with Crippen molar-refractivity contribution < 1.29 is 0 Å². The van der Waals surface area contributed by atoms with E-state index in [1.54, 1.807) is 0 Å². The van der Waals surface area contributed by atoms with Crippen LogP contribution in [0.3, 0.4) is 0 Å². The van der Waals surface area contributed by atoms with Crippen molar-refractivity contribution in [2.24, 2.45) is 0 Å². The van der Waals surface area contributed by atoms with Gasteiger partial charge in [-0.3, -0.25) is 0 Å². The molecule has 0 amide bonds. The molecule has 22 heavy (non-hydrogen) atoms. The van der Waals surface area contributed by atoms with Gasteiger partial charge in [0, 0.05) is 43.3 Å². The maximum atomic E-state index is 2.21. The lowest BCUT2D eigenvalue weighted by Crippen LogP contribution is -2.24. The third-order valence-corrected chi connectivity index (χ3v) is 9.39. The fourth-order valence-electron chi connectivity index (χ4n) is 2.19. The molecule has 2 unspecified atom stereocenters. The minimum absolute atomic E-state index is 0.799. The molecule has 2 atom stereocenters. The van der Waals surface area contributed by atoms with Gasteiger partial charge in [0.25, 0.3) is 0 Å². The molecular formula is C18H20S4. The van der Waals surface area contributed by atoms with Crippen LogP contribution < -0.4 is 0 Å². The molecule has 1 aliphatic rings. The van der Waals surface area contributed by atoms with Crippen LogP contribution >= 0.6 is 47.0 Å². The second-order valence-electron chi connectivity index (χ2n) is 5.16. The predicted octanol–water partition coefficient (Wildman–Crippen LogP) is 5.79. The number of hydrogen-bond donors (Lipinski definition) is 0. The largest absolute Gasteiger partial charge is 0.156 e. The highest BCUT2D eigenvalue weighted by molar-refractivity contribution is 8.09. The average molecular weight is 365 g/mol. The van der Waals surface area contributed by atoms with Crippen LogP contribution in [0.2, 0.25) is 0 Å². The summed E-state index contributed by atoms with van der Waals surface area (Å²) in [7, 11) is 0.